The zero-order chi connectivity index (χ0) is 13.5. The number of nitrogens with two attached hydrogens (primary N) is 1. The molecule has 1 rings (SSSR count). The van der Waals surface area contributed by atoms with Crippen molar-refractivity contribution >= 4 is 24.3 Å². The summed E-state index contributed by atoms with van der Waals surface area (Å²) in [5.41, 5.74) is 6.44. The standard InChI is InChI=1S/C13H18N2O3.ClH/c1-9(13(17)18-2)15-12(16)11(8-14)10-6-4-3-5-7-10;/h3-7,9,11H,8,14H2,1-2H3,(H,15,16);1H/t9-,11?;/m0./s1. The number of halogens is 1. The number of hydrogen-bond donors (Lipinski definition) is 2. The van der Waals surface area contributed by atoms with Crippen LogP contribution in [0.5, 0.6) is 0 Å². The van der Waals surface area contributed by atoms with Gasteiger partial charge in [-0.05, 0) is 12.5 Å². The molecule has 0 aliphatic rings. The highest BCUT2D eigenvalue weighted by molar-refractivity contribution is 5.88. The molecule has 0 saturated heterocycles. The summed E-state index contributed by atoms with van der Waals surface area (Å²) in [5.74, 6) is -1.22. The molecule has 1 unspecified atom stereocenters. The molecule has 0 saturated carbocycles. The average molecular weight is 287 g/mol. The Kier molecular flexibility index (Phi) is 7.79. The van der Waals surface area contributed by atoms with Crippen LogP contribution in [0, 0.1) is 0 Å². The fraction of sp³-hybridized carbons (Fsp3) is 0.385. The Morgan fingerprint density at radius 2 is 1.89 bits per heavy atom. The number of rotatable bonds is 5. The van der Waals surface area contributed by atoms with Gasteiger partial charge in [0.15, 0.2) is 0 Å². The van der Waals surface area contributed by atoms with E-state index >= 15 is 0 Å². The summed E-state index contributed by atoms with van der Waals surface area (Å²) in [4.78, 5) is 23.2. The van der Waals surface area contributed by atoms with E-state index in [1.165, 1.54) is 7.11 Å². The summed E-state index contributed by atoms with van der Waals surface area (Å²) >= 11 is 0. The van der Waals surface area contributed by atoms with Crippen molar-refractivity contribution in [2.75, 3.05) is 13.7 Å². The van der Waals surface area contributed by atoms with Crippen LogP contribution >= 0.6 is 12.4 Å². The Morgan fingerprint density at radius 1 is 1.32 bits per heavy atom. The Morgan fingerprint density at radius 3 is 2.37 bits per heavy atom. The van der Waals surface area contributed by atoms with Crippen LogP contribution < -0.4 is 11.1 Å². The summed E-state index contributed by atoms with van der Waals surface area (Å²) in [5, 5.41) is 2.59. The molecule has 0 radical (unpaired) electrons. The molecule has 0 spiro atoms. The molecular weight excluding hydrogens is 268 g/mol. The van der Waals surface area contributed by atoms with Crippen LogP contribution in [0.1, 0.15) is 18.4 Å². The predicted molar refractivity (Wildman–Crippen MR) is 75.1 cm³/mol. The fourth-order valence-electron chi connectivity index (χ4n) is 1.63. The Hall–Kier alpha value is -1.59. The van der Waals surface area contributed by atoms with E-state index in [-0.39, 0.29) is 24.9 Å². The molecule has 0 aliphatic carbocycles. The molecule has 1 aromatic carbocycles. The first kappa shape index (κ1) is 17.4. The number of carbonyl (C=O) groups is 2. The van der Waals surface area contributed by atoms with E-state index < -0.39 is 17.9 Å². The highest BCUT2D eigenvalue weighted by Crippen LogP contribution is 2.14. The lowest BCUT2D eigenvalue weighted by Gasteiger charge is -2.18. The first-order chi connectivity index (χ1) is 8.60. The quantitative estimate of drug-likeness (QED) is 0.786. The van der Waals surface area contributed by atoms with Gasteiger partial charge >= 0.3 is 5.97 Å². The fourth-order valence-corrected chi connectivity index (χ4v) is 1.63. The molecule has 0 fully saturated rings. The third-order valence-corrected chi connectivity index (χ3v) is 2.67. The molecular formula is C13H19ClN2O3. The van der Waals surface area contributed by atoms with Crippen LogP contribution in [-0.4, -0.2) is 31.6 Å². The monoisotopic (exact) mass is 286 g/mol. The van der Waals surface area contributed by atoms with Crippen LogP contribution in [0.4, 0.5) is 0 Å². The Bertz CT molecular complexity index is 412. The van der Waals surface area contributed by atoms with Gasteiger partial charge in [0.2, 0.25) is 5.91 Å². The lowest BCUT2D eigenvalue weighted by molar-refractivity contribution is -0.144. The van der Waals surface area contributed by atoms with Gasteiger partial charge in [-0.3, -0.25) is 4.79 Å². The highest BCUT2D eigenvalue weighted by Gasteiger charge is 2.23. The Balaban J connectivity index is 0.00000324. The van der Waals surface area contributed by atoms with Gasteiger partial charge in [-0.2, -0.15) is 0 Å². The van der Waals surface area contributed by atoms with Crippen LogP contribution in [0.15, 0.2) is 30.3 Å². The van der Waals surface area contributed by atoms with Crippen molar-refractivity contribution in [3.8, 4) is 0 Å². The molecule has 0 aromatic heterocycles. The first-order valence-electron chi connectivity index (χ1n) is 5.73. The van der Waals surface area contributed by atoms with E-state index in [0.717, 1.165) is 5.56 Å². The molecule has 1 amide bonds. The molecule has 1 aromatic rings. The average Bonchev–Trinajstić information content (AvgIpc) is 2.39. The van der Waals surface area contributed by atoms with Crippen molar-refractivity contribution < 1.29 is 14.3 Å². The second-order valence-corrected chi connectivity index (χ2v) is 3.95. The minimum atomic E-state index is -0.680. The third kappa shape index (κ3) is 4.89. The largest absolute Gasteiger partial charge is 0.467 e. The maximum Gasteiger partial charge on any atom is 0.328 e. The molecule has 3 N–H and O–H groups in total. The maximum absolute atomic E-state index is 12.0. The number of ether oxygens (including phenoxy) is 1. The molecule has 19 heavy (non-hydrogen) atoms. The van der Waals surface area contributed by atoms with E-state index in [9.17, 15) is 9.59 Å². The van der Waals surface area contributed by atoms with Crippen LogP contribution in [-0.2, 0) is 14.3 Å². The number of methoxy groups -OCH3 is 1. The number of hydrogen-bond acceptors (Lipinski definition) is 4. The summed E-state index contributed by atoms with van der Waals surface area (Å²) < 4.78 is 4.55. The number of esters is 1. The molecule has 5 nitrogen and oxygen atoms in total. The van der Waals surface area contributed by atoms with Crippen molar-refractivity contribution in [2.45, 2.75) is 18.9 Å². The molecule has 6 heteroatoms. The van der Waals surface area contributed by atoms with E-state index in [1.54, 1.807) is 6.92 Å². The number of carbonyl (C=O) groups excluding carboxylic acids is 2. The lowest BCUT2D eigenvalue weighted by Crippen LogP contribution is -2.43. The van der Waals surface area contributed by atoms with Gasteiger partial charge in [0, 0.05) is 6.54 Å². The molecule has 2 atom stereocenters. The van der Waals surface area contributed by atoms with E-state index in [2.05, 4.69) is 10.1 Å². The van der Waals surface area contributed by atoms with Gasteiger partial charge in [0.1, 0.15) is 6.04 Å². The number of amides is 1. The second-order valence-electron chi connectivity index (χ2n) is 3.95. The topological polar surface area (TPSA) is 81.4 Å². The maximum atomic E-state index is 12.0. The zero-order valence-electron chi connectivity index (χ0n) is 11.0. The summed E-state index contributed by atoms with van der Waals surface area (Å²) in [6, 6.07) is 8.54. The van der Waals surface area contributed by atoms with Crippen molar-refractivity contribution in [2.24, 2.45) is 5.73 Å². The predicted octanol–water partition coefficient (Wildman–Crippen LogP) is 0.828. The van der Waals surface area contributed by atoms with E-state index in [1.807, 2.05) is 30.3 Å². The van der Waals surface area contributed by atoms with Gasteiger partial charge in [0.05, 0.1) is 13.0 Å². The van der Waals surface area contributed by atoms with Crippen molar-refractivity contribution in [1.82, 2.24) is 5.32 Å². The summed E-state index contributed by atoms with van der Waals surface area (Å²) in [6.07, 6.45) is 0. The van der Waals surface area contributed by atoms with E-state index in [0.29, 0.717) is 0 Å². The van der Waals surface area contributed by atoms with Gasteiger partial charge in [-0.15, -0.1) is 12.4 Å². The highest BCUT2D eigenvalue weighted by atomic mass is 35.5. The molecule has 0 bridgehead atoms. The minimum Gasteiger partial charge on any atom is -0.467 e. The lowest BCUT2D eigenvalue weighted by atomic mass is 9.98. The van der Waals surface area contributed by atoms with Crippen LogP contribution in [0.25, 0.3) is 0 Å². The van der Waals surface area contributed by atoms with Gasteiger partial charge in [-0.25, -0.2) is 4.79 Å². The molecule has 0 aliphatic heterocycles. The van der Waals surface area contributed by atoms with Crippen molar-refractivity contribution in [1.29, 1.82) is 0 Å². The van der Waals surface area contributed by atoms with Crippen LogP contribution in [0.2, 0.25) is 0 Å². The smallest absolute Gasteiger partial charge is 0.328 e. The zero-order valence-corrected chi connectivity index (χ0v) is 11.8. The summed E-state index contributed by atoms with van der Waals surface area (Å²) in [7, 11) is 1.28. The molecule has 106 valence electrons. The SMILES string of the molecule is COC(=O)[C@H](C)NC(=O)C(CN)c1ccccc1.Cl. The first-order valence-corrected chi connectivity index (χ1v) is 5.73. The summed E-state index contributed by atoms with van der Waals surface area (Å²) in [6.45, 7) is 1.76. The Labute approximate surface area is 118 Å². The van der Waals surface area contributed by atoms with E-state index in [4.69, 9.17) is 5.73 Å². The number of benzene rings is 1. The van der Waals surface area contributed by atoms with Gasteiger partial charge in [-0.1, -0.05) is 30.3 Å². The number of nitrogens with one attached hydrogen (secondary N) is 1. The van der Waals surface area contributed by atoms with Crippen LogP contribution in [0.3, 0.4) is 0 Å². The third-order valence-electron chi connectivity index (χ3n) is 2.67. The van der Waals surface area contributed by atoms with Gasteiger partial charge in [0.25, 0.3) is 0 Å². The normalized spacial score (nSPS) is 12.8. The van der Waals surface area contributed by atoms with Crippen molar-refractivity contribution in [3.63, 3.8) is 0 Å². The molecule has 0 heterocycles. The van der Waals surface area contributed by atoms with Gasteiger partial charge < -0.3 is 15.8 Å². The van der Waals surface area contributed by atoms with Crippen molar-refractivity contribution in [3.05, 3.63) is 35.9 Å². The second kappa shape index (κ2) is 8.50. The minimum absolute atomic E-state index is 0.